The highest BCUT2D eigenvalue weighted by Crippen LogP contribution is 2.63. The van der Waals surface area contributed by atoms with Crippen LogP contribution in [-0.2, 0) is 16.0 Å². The average Bonchev–Trinajstić information content (AvgIpc) is 3.37. The van der Waals surface area contributed by atoms with Gasteiger partial charge in [0.1, 0.15) is 17.8 Å². The van der Waals surface area contributed by atoms with Crippen LogP contribution in [0.25, 0.3) is 0 Å². The van der Waals surface area contributed by atoms with Crippen molar-refractivity contribution in [3.63, 3.8) is 0 Å². The summed E-state index contributed by atoms with van der Waals surface area (Å²) >= 11 is 0. The van der Waals surface area contributed by atoms with Crippen LogP contribution < -0.4 is 4.74 Å². The summed E-state index contributed by atoms with van der Waals surface area (Å²) in [7, 11) is 0. The van der Waals surface area contributed by atoms with Gasteiger partial charge in [-0.3, -0.25) is 4.79 Å². The summed E-state index contributed by atoms with van der Waals surface area (Å²) in [6, 6.07) is 6.97. The molecule has 0 radical (unpaired) electrons. The zero-order valence-electron chi connectivity index (χ0n) is 26.9. The first-order valence-corrected chi connectivity index (χ1v) is 17.6. The predicted octanol–water partition coefficient (Wildman–Crippen LogP) is 5.53. The van der Waals surface area contributed by atoms with Crippen molar-refractivity contribution in [2.45, 2.75) is 109 Å². The van der Waals surface area contributed by atoms with Crippen LogP contribution in [0.4, 0.5) is 4.79 Å². The molecule has 244 valence electrons. The smallest absolute Gasteiger partial charge is 0.415 e. The number of aliphatic hydroxyl groups excluding tert-OH is 2. The maximum atomic E-state index is 13.2. The molecule has 1 amide bonds. The summed E-state index contributed by atoms with van der Waals surface area (Å²) in [5.41, 5.74) is 2.65. The van der Waals surface area contributed by atoms with Crippen LogP contribution in [0, 0.1) is 29.1 Å². The molecule has 4 fully saturated rings. The number of rotatable bonds is 8. The number of amides is 1. The average molecular weight is 611 g/mol. The first-order valence-electron chi connectivity index (χ1n) is 17.6. The minimum absolute atomic E-state index is 0.0906. The van der Waals surface area contributed by atoms with E-state index < -0.39 is 25.1 Å². The Morgan fingerprint density at radius 2 is 1.75 bits per heavy atom. The largest absolute Gasteiger partial charge is 0.461 e. The highest BCUT2D eigenvalue weighted by atomic mass is 16.6. The number of hydrogen-bond acceptors (Lipinski definition) is 7. The molecule has 1 aromatic rings. The Hall–Kier alpha value is -2.16. The number of carbonyl (C=O) groups is 2. The number of benzene rings is 1. The van der Waals surface area contributed by atoms with Crippen LogP contribution in [0.3, 0.4) is 0 Å². The van der Waals surface area contributed by atoms with E-state index in [0.717, 1.165) is 70.9 Å². The molecular formula is C36H54N2O6. The molecule has 1 aromatic carbocycles. The molecule has 0 unspecified atom stereocenters. The van der Waals surface area contributed by atoms with Crippen molar-refractivity contribution < 1.29 is 29.3 Å². The van der Waals surface area contributed by atoms with E-state index in [9.17, 15) is 19.8 Å². The van der Waals surface area contributed by atoms with E-state index in [1.807, 2.05) is 11.0 Å². The van der Waals surface area contributed by atoms with Crippen LogP contribution >= 0.6 is 0 Å². The fourth-order valence-corrected chi connectivity index (χ4v) is 9.93. The molecule has 3 aliphatic carbocycles. The van der Waals surface area contributed by atoms with Crippen LogP contribution in [-0.4, -0.2) is 83.6 Å². The van der Waals surface area contributed by atoms with Gasteiger partial charge in [0, 0.05) is 24.5 Å². The summed E-state index contributed by atoms with van der Waals surface area (Å²) in [6.07, 6.45) is 12.8. The van der Waals surface area contributed by atoms with Gasteiger partial charge in [-0.25, -0.2) is 4.79 Å². The van der Waals surface area contributed by atoms with Gasteiger partial charge in [-0.1, -0.05) is 39.2 Å². The second kappa shape index (κ2) is 13.7. The minimum atomic E-state index is -0.863. The van der Waals surface area contributed by atoms with Crippen LogP contribution in [0.2, 0.25) is 0 Å². The highest BCUT2D eigenvalue weighted by Gasteiger charge is 2.58. The molecule has 2 aliphatic heterocycles. The van der Waals surface area contributed by atoms with Gasteiger partial charge in [0.05, 0.1) is 13.2 Å². The monoisotopic (exact) mass is 610 g/mol. The van der Waals surface area contributed by atoms with E-state index in [-0.39, 0.29) is 17.6 Å². The third-order valence-electron chi connectivity index (χ3n) is 12.3. The molecule has 6 atom stereocenters. The Balaban J connectivity index is 1.12. The van der Waals surface area contributed by atoms with Crippen molar-refractivity contribution in [2.24, 2.45) is 29.1 Å². The van der Waals surface area contributed by atoms with Crippen LogP contribution in [0.15, 0.2) is 18.2 Å². The van der Waals surface area contributed by atoms with E-state index in [0.29, 0.717) is 35.5 Å². The molecule has 2 saturated heterocycles. The number of esters is 1. The van der Waals surface area contributed by atoms with Gasteiger partial charge in [0.2, 0.25) is 0 Å². The van der Waals surface area contributed by atoms with Gasteiger partial charge < -0.3 is 29.5 Å². The molecule has 0 spiro atoms. The normalized spacial score (nSPS) is 32.6. The lowest BCUT2D eigenvalue weighted by atomic mass is 9.52. The molecule has 2 N–H and O–H groups in total. The second-order valence-electron chi connectivity index (χ2n) is 14.7. The molecule has 0 bridgehead atoms. The molecule has 8 nitrogen and oxygen atoms in total. The van der Waals surface area contributed by atoms with E-state index in [1.165, 1.54) is 43.5 Å². The number of hydrogen-bond donors (Lipinski definition) is 2. The fourth-order valence-electron chi connectivity index (χ4n) is 9.93. The maximum Gasteiger partial charge on any atom is 0.415 e. The van der Waals surface area contributed by atoms with Crippen LogP contribution in [0.1, 0.15) is 102 Å². The van der Waals surface area contributed by atoms with Gasteiger partial charge in [-0.2, -0.15) is 0 Å². The molecule has 44 heavy (non-hydrogen) atoms. The Morgan fingerprint density at radius 3 is 2.45 bits per heavy atom. The quantitative estimate of drug-likeness (QED) is 0.374. The molecule has 2 heterocycles. The summed E-state index contributed by atoms with van der Waals surface area (Å²) in [6.45, 7) is 7.73. The predicted molar refractivity (Wildman–Crippen MR) is 168 cm³/mol. The number of fused-ring (bicyclic) bond motifs is 5. The summed E-state index contributed by atoms with van der Waals surface area (Å²) in [5, 5.41) is 19.0. The number of piperidine rings is 2. The zero-order chi connectivity index (χ0) is 30.8. The van der Waals surface area contributed by atoms with Gasteiger partial charge in [-0.15, -0.1) is 0 Å². The number of carbonyl (C=O) groups excluding carboxylic acids is 2. The summed E-state index contributed by atoms with van der Waals surface area (Å²) in [5.74, 6) is 1.33. The van der Waals surface area contributed by atoms with E-state index in [1.54, 1.807) is 0 Å². The molecule has 2 saturated carbocycles. The standard InChI is InChI=1S/C36H54N2O6/c1-3-7-24-20-25-21-28(43-35(42)38-18-13-27(14-19-38)37-16-5-4-6-17-37)8-9-29(25)30-12-15-36(2)31(33(24)30)10-11-32(36)44-34(41)26(22-39)23-40/h8-9,21,24,26-27,30-33,39-40H,3-7,10-20,22-23H2,1-2H3/t24-,30-,31+,32+,33-,36+/m1/s1. The molecule has 8 heteroatoms. The second-order valence-corrected chi connectivity index (χ2v) is 14.7. The summed E-state index contributed by atoms with van der Waals surface area (Å²) in [4.78, 5) is 30.4. The van der Waals surface area contributed by atoms with Crippen molar-refractivity contribution in [2.75, 3.05) is 39.4 Å². The molecular weight excluding hydrogens is 556 g/mol. The lowest BCUT2D eigenvalue weighted by molar-refractivity contribution is -0.165. The number of ether oxygens (including phenoxy) is 2. The lowest BCUT2D eigenvalue weighted by Gasteiger charge is -2.53. The van der Waals surface area contributed by atoms with Gasteiger partial charge in [0.15, 0.2) is 0 Å². The fraction of sp³-hybridized carbons (Fsp3) is 0.778. The third kappa shape index (κ3) is 6.15. The van der Waals surface area contributed by atoms with Gasteiger partial charge in [0.25, 0.3) is 0 Å². The number of aliphatic hydroxyl groups is 2. The van der Waals surface area contributed by atoms with Crippen molar-refractivity contribution in [1.29, 1.82) is 0 Å². The van der Waals surface area contributed by atoms with Crippen LogP contribution in [0.5, 0.6) is 5.75 Å². The van der Waals surface area contributed by atoms with Gasteiger partial charge >= 0.3 is 12.1 Å². The first kappa shape index (κ1) is 31.8. The molecule has 6 rings (SSSR count). The minimum Gasteiger partial charge on any atom is -0.461 e. The topological polar surface area (TPSA) is 99.5 Å². The first-order chi connectivity index (χ1) is 21.4. The number of likely N-dealkylation sites (tertiary alicyclic amines) is 2. The molecule has 5 aliphatic rings. The number of nitrogens with zero attached hydrogens (tertiary/aromatic N) is 2. The third-order valence-corrected chi connectivity index (χ3v) is 12.3. The molecule has 0 aromatic heterocycles. The van der Waals surface area contributed by atoms with Crippen molar-refractivity contribution in [1.82, 2.24) is 9.80 Å². The maximum absolute atomic E-state index is 13.2. The van der Waals surface area contributed by atoms with E-state index in [4.69, 9.17) is 9.47 Å². The van der Waals surface area contributed by atoms with Crippen molar-refractivity contribution in [3.8, 4) is 5.75 Å². The summed E-state index contributed by atoms with van der Waals surface area (Å²) < 4.78 is 12.0. The highest BCUT2D eigenvalue weighted by molar-refractivity contribution is 5.73. The van der Waals surface area contributed by atoms with Gasteiger partial charge in [-0.05, 0) is 118 Å². The Labute approximate surface area is 263 Å². The van der Waals surface area contributed by atoms with Crippen molar-refractivity contribution in [3.05, 3.63) is 29.3 Å². The Kier molecular flexibility index (Phi) is 9.89. The van der Waals surface area contributed by atoms with E-state index in [2.05, 4.69) is 30.9 Å². The SMILES string of the molecule is CCC[C@@H]1Cc2cc(OC(=O)N3CCC(N4CCCCC4)CC3)ccc2[C@H]2CC[C@]3(C)[C@@H](OC(=O)C(CO)CO)CC[C@H]3[C@H]12. The van der Waals surface area contributed by atoms with Crippen molar-refractivity contribution >= 4 is 12.1 Å². The van der Waals surface area contributed by atoms with E-state index >= 15 is 0 Å². The lowest BCUT2D eigenvalue weighted by Crippen LogP contribution is -2.49. The Bertz CT molecular complexity index is 1160. The zero-order valence-corrected chi connectivity index (χ0v) is 26.9. The Morgan fingerprint density at radius 1 is 1.00 bits per heavy atom.